The van der Waals surface area contributed by atoms with Gasteiger partial charge in [-0.2, -0.15) is 0 Å². The second kappa shape index (κ2) is 10.9. The van der Waals surface area contributed by atoms with Crippen molar-refractivity contribution in [1.29, 1.82) is 0 Å². The minimum atomic E-state index is -0.383. The second-order valence-electron chi connectivity index (χ2n) is 8.21. The number of nitrogens with two attached hydrogens (primary N) is 1. The van der Waals surface area contributed by atoms with Crippen LogP contribution < -0.4 is 5.73 Å². The molecule has 0 aromatic carbocycles. The van der Waals surface area contributed by atoms with Gasteiger partial charge in [0.05, 0.1) is 12.2 Å². The SMILES string of the molecule is CCCCC[C@H](O)C=C[C@@H]1[C@H]2CC(CCCCCC(N)=O)=C[C@H]2C[C@H]1O. The quantitative estimate of drug-likeness (QED) is 0.364. The Morgan fingerprint density at radius 1 is 1.31 bits per heavy atom. The molecule has 5 atom stereocenters. The third kappa shape index (κ3) is 6.55. The number of hydrogen-bond acceptors (Lipinski definition) is 3. The molecule has 0 unspecified atom stereocenters. The van der Waals surface area contributed by atoms with Crippen LogP contribution in [0.5, 0.6) is 0 Å². The van der Waals surface area contributed by atoms with Crippen LogP contribution in [0.15, 0.2) is 23.8 Å². The number of aliphatic hydroxyl groups is 2. The number of rotatable bonds is 12. The zero-order valence-electron chi connectivity index (χ0n) is 16.3. The molecule has 26 heavy (non-hydrogen) atoms. The van der Waals surface area contributed by atoms with Crippen molar-refractivity contribution in [1.82, 2.24) is 0 Å². The van der Waals surface area contributed by atoms with Crippen molar-refractivity contribution in [3.8, 4) is 0 Å². The Kier molecular flexibility index (Phi) is 8.86. The molecule has 2 aliphatic rings. The Balaban J connectivity index is 1.75. The fourth-order valence-corrected chi connectivity index (χ4v) is 4.57. The number of allylic oxidation sites excluding steroid dienone is 2. The highest BCUT2D eigenvalue weighted by atomic mass is 16.3. The molecule has 4 nitrogen and oxygen atoms in total. The van der Waals surface area contributed by atoms with Crippen LogP contribution in [0, 0.1) is 17.8 Å². The Labute approximate surface area is 158 Å². The average molecular weight is 364 g/mol. The highest BCUT2D eigenvalue weighted by Crippen LogP contribution is 2.48. The topological polar surface area (TPSA) is 83.5 Å². The molecule has 2 rings (SSSR count). The summed E-state index contributed by atoms with van der Waals surface area (Å²) in [6, 6.07) is 0. The lowest BCUT2D eigenvalue weighted by atomic mass is 9.88. The Hall–Kier alpha value is -1.13. The summed E-state index contributed by atoms with van der Waals surface area (Å²) < 4.78 is 0. The van der Waals surface area contributed by atoms with Crippen LogP contribution in [0.2, 0.25) is 0 Å². The zero-order valence-corrected chi connectivity index (χ0v) is 16.3. The molecule has 1 saturated carbocycles. The summed E-state index contributed by atoms with van der Waals surface area (Å²) >= 11 is 0. The maximum absolute atomic E-state index is 10.8. The molecule has 2 aliphatic carbocycles. The molecule has 148 valence electrons. The zero-order chi connectivity index (χ0) is 18.9. The maximum atomic E-state index is 10.8. The summed E-state index contributed by atoms with van der Waals surface area (Å²) in [6.45, 7) is 2.17. The van der Waals surface area contributed by atoms with Gasteiger partial charge in [-0.05, 0) is 50.4 Å². The largest absolute Gasteiger partial charge is 0.392 e. The van der Waals surface area contributed by atoms with Crippen LogP contribution >= 0.6 is 0 Å². The van der Waals surface area contributed by atoms with Gasteiger partial charge < -0.3 is 15.9 Å². The maximum Gasteiger partial charge on any atom is 0.217 e. The number of hydrogen-bond donors (Lipinski definition) is 3. The minimum Gasteiger partial charge on any atom is -0.392 e. The van der Waals surface area contributed by atoms with E-state index >= 15 is 0 Å². The smallest absolute Gasteiger partial charge is 0.217 e. The average Bonchev–Trinajstić information content (AvgIpc) is 3.09. The summed E-state index contributed by atoms with van der Waals surface area (Å²) in [5.41, 5.74) is 6.68. The van der Waals surface area contributed by atoms with E-state index in [9.17, 15) is 15.0 Å². The van der Waals surface area contributed by atoms with E-state index < -0.39 is 0 Å². The predicted molar refractivity (Wildman–Crippen MR) is 105 cm³/mol. The van der Waals surface area contributed by atoms with E-state index in [1.54, 1.807) is 0 Å². The number of unbranched alkanes of at least 4 members (excludes halogenated alkanes) is 4. The van der Waals surface area contributed by atoms with E-state index in [0.717, 1.165) is 57.8 Å². The number of carbonyl (C=O) groups is 1. The van der Waals surface area contributed by atoms with Crippen LogP contribution in [0.4, 0.5) is 0 Å². The van der Waals surface area contributed by atoms with Crippen LogP contribution in [-0.2, 0) is 4.79 Å². The van der Waals surface area contributed by atoms with Crippen molar-refractivity contribution in [2.45, 2.75) is 89.8 Å². The van der Waals surface area contributed by atoms with Crippen LogP contribution in [0.3, 0.4) is 0 Å². The van der Waals surface area contributed by atoms with Crippen molar-refractivity contribution in [3.05, 3.63) is 23.8 Å². The summed E-state index contributed by atoms with van der Waals surface area (Å²) in [6.07, 6.45) is 16.4. The van der Waals surface area contributed by atoms with Crippen molar-refractivity contribution >= 4 is 5.91 Å². The Morgan fingerprint density at radius 3 is 2.85 bits per heavy atom. The standard InChI is InChI=1S/C22H37NO3/c1-2-3-5-9-18(24)11-12-19-20-14-16(13-17(20)15-21(19)25)8-6-4-7-10-22(23)26/h11-13,17-21,24-25H,2-10,14-15H2,1H3,(H2,23,26)/t17-,18-,19+,20-,21+/m0/s1. The number of aliphatic hydroxyl groups excluding tert-OH is 2. The molecule has 1 fully saturated rings. The normalized spacial score (nSPS) is 29.1. The first-order chi connectivity index (χ1) is 12.5. The third-order valence-corrected chi connectivity index (χ3v) is 6.03. The van der Waals surface area contributed by atoms with Gasteiger partial charge >= 0.3 is 0 Å². The molecular formula is C22H37NO3. The highest BCUT2D eigenvalue weighted by Gasteiger charge is 2.43. The second-order valence-corrected chi connectivity index (χ2v) is 8.21. The molecule has 4 heteroatoms. The van der Waals surface area contributed by atoms with Gasteiger partial charge in [-0.25, -0.2) is 0 Å². The van der Waals surface area contributed by atoms with Gasteiger partial charge in [-0.3, -0.25) is 4.79 Å². The van der Waals surface area contributed by atoms with Gasteiger partial charge in [0.2, 0.25) is 5.91 Å². The lowest BCUT2D eigenvalue weighted by Gasteiger charge is -2.19. The van der Waals surface area contributed by atoms with E-state index in [1.807, 2.05) is 6.08 Å². The third-order valence-electron chi connectivity index (χ3n) is 6.03. The molecule has 0 bridgehead atoms. The van der Waals surface area contributed by atoms with Crippen LogP contribution in [0.1, 0.15) is 77.6 Å². The lowest BCUT2D eigenvalue weighted by molar-refractivity contribution is -0.118. The van der Waals surface area contributed by atoms with E-state index in [2.05, 4.69) is 19.1 Å². The molecule has 0 spiro atoms. The van der Waals surface area contributed by atoms with E-state index in [4.69, 9.17) is 5.73 Å². The van der Waals surface area contributed by atoms with Crippen molar-refractivity contribution in [2.24, 2.45) is 23.5 Å². The monoisotopic (exact) mass is 363 g/mol. The molecule has 0 aromatic rings. The highest BCUT2D eigenvalue weighted by molar-refractivity contribution is 5.73. The van der Waals surface area contributed by atoms with E-state index in [1.165, 1.54) is 12.0 Å². The van der Waals surface area contributed by atoms with Crippen molar-refractivity contribution in [3.63, 3.8) is 0 Å². The number of amides is 1. The van der Waals surface area contributed by atoms with Gasteiger partial charge in [0.1, 0.15) is 0 Å². The molecule has 4 N–H and O–H groups in total. The summed E-state index contributed by atoms with van der Waals surface area (Å²) in [4.78, 5) is 10.8. The first-order valence-electron chi connectivity index (χ1n) is 10.5. The summed E-state index contributed by atoms with van der Waals surface area (Å²) in [5.74, 6) is 0.937. The molecule has 0 saturated heterocycles. The Bertz CT molecular complexity index is 500. The number of fused-ring (bicyclic) bond motifs is 1. The fraction of sp³-hybridized carbons (Fsp3) is 0.773. The van der Waals surface area contributed by atoms with Gasteiger partial charge in [0.15, 0.2) is 0 Å². The van der Waals surface area contributed by atoms with Gasteiger partial charge in [-0.1, -0.05) is 56.4 Å². The predicted octanol–water partition coefficient (Wildman–Crippen LogP) is 3.86. The molecule has 0 aromatic heterocycles. The molecular weight excluding hydrogens is 326 g/mol. The van der Waals surface area contributed by atoms with Crippen LogP contribution in [-0.4, -0.2) is 28.3 Å². The van der Waals surface area contributed by atoms with Crippen LogP contribution in [0.25, 0.3) is 0 Å². The van der Waals surface area contributed by atoms with Crippen molar-refractivity contribution < 1.29 is 15.0 Å². The number of carbonyl (C=O) groups excluding carboxylic acids is 1. The first-order valence-corrected chi connectivity index (χ1v) is 10.5. The molecule has 0 radical (unpaired) electrons. The van der Waals surface area contributed by atoms with E-state index in [0.29, 0.717) is 18.3 Å². The lowest BCUT2D eigenvalue weighted by Crippen LogP contribution is -2.18. The molecule has 0 heterocycles. The summed E-state index contributed by atoms with van der Waals surface area (Å²) in [7, 11) is 0. The Morgan fingerprint density at radius 2 is 2.12 bits per heavy atom. The van der Waals surface area contributed by atoms with E-state index in [-0.39, 0.29) is 24.0 Å². The van der Waals surface area contributed by atoms with Gasteiger partial charge in [-0.15, -0.1) is 0 Å². The number of primary amides is 1. The fourth-order valence-electron chi connectivity index (χ4n) is 4.57. The first kappa shape index (κ1) is 21.2. The molecule has 1 amide bonds. The summed E-state index contributed by atoms with van der Waals surface area (Å²) in [5, 5.41) is 20.5. The van der Waals surface area contributed by atoms with Crippen molar-refractivity contribution in [2.75, 3.05) is 0 Å². The minimum absolute atomic E-state index is 0.171. The van der Waals surface area contributed by atoms with Gasteiger partial charge in [0, 0.05) is 12.3 Å². The van der Waals surface area contributed by atoms with Gasteiger partial charge in [0.25, 0.3) is 0 Å². The molecule has 0 aliphatic heterocycles.